The minimum Gasteiger partial charge on any atom is -0.364 e. The van der Waals surface area contributed by atoms with Gasteiger partial charge in [0.2, 0.25) is 0 Å². The molecule has 2 nitrogen and oxygen atoms in total. The number of anilines is 1. The lowest BCUT2D eigenvalue weighted by molar-refractivity contribution is 0.377. The number of benzene rings is 1. The first-order valence-corrected chi connectivity index (χ1v) is 7.31. The lowest BCUT2D eigenvalue weighted by Gasteiger charge is -2.43. The van der Waals surface area contributed by atoms with Gasteiger partial charge in [0.05, 0.1) is 5.54 Å². The Hall–Kier alpha value is -1.02. The number of aryl methyl sites for hydroxylation is 1. The van der Waals surface area contributed by atoms with Crippen molar-refractivity contribution in [3.8, 4) is 0 Å². The summed E-state index contributed by atoms with van der Waals surface area (Å²) in [4.78, 5) is 2.62. The Bertz CT molecular complexity index is 425. The molecule has 1 saturated carbocycles. The SMILES string of the molecule is CC(CN)(C1CC1)N1CCCCc2ccccc21. The first-order chi connectivity index (χ1) is 8.75. The van der Waals surface area contributed by atoms with Crippen molar-refractivity contribution in [2.24, 2.45) is 11.7 Å². The van der Waals surface area contributed by atoms with Crippen molar-refractivity contribution in [3.05, 3.63) is 29.8 Å². The summed E-state index contributed by atoms with van der Waals surface area (Å²) in [5, 5.41) is 0. The van der Waals surface area contributed by atoms with Crippen molar-refractivity contribution in [1.82, 2.24) is 0 Å². The highest BCUT2D eigenvalue weighted by Crippen LogP contribution is 2.45. The number of nitrogens with zero attached hydrogens (tertiary/aromatic N) is 1. The Morgan fingerprint density at radius 3 is 2.78 bits per heavy atom. The summed E-state index contributed by atoms with van der Waals surface area (Å²) in [6, 6.07) is 8.91. The molecule has 1 atom stereocenters. The number of hydrogen-bond donors (Lipinski definition) is 1. The van der Waals surface area contributed by atoms with E-state index in [1.807, 2.05) is 0 Å². The number of fused-ring (bicyclic) bond motifs is 1. The largest absolute Gasteiger partial charge is 0.364 e. The van der Waals surface area contributed by atoms with Crippen LogP contribution >= 0.6 is 0 Å². The van der Waals surface area contributed by atoms with E-state index in [9.17, 15) is 0 Å². The first kappa shape index (κ1) is 12.0. The number of nitrogens with two attached hydrogens (primary N) is 1. The van der Waals surface area contributed by atoms with Gasteiger partial charge in [-0.1, -0.05) is 18.2 Å². The zero-order valence-corrected chi connectivity index (χ0v) is 11.4. The molecule has 0 saturated heterocycles. The van der Waals surface area contributed by atoms with E-state index in [1.165, 1.54) is 49.9 Å². The smallest absolute Gasteiger partial charge is 0.0524 e. The van der Waals surface area contributed by atoms with Crippen LogP contribution < -0.4 is 10.6 Å². The third-order valence-electron chi connectivity index (χ3n) is 4.85. The number of hydrogen-bond acceptors (Lipinski definition) is 2. The molecule has 0 spiro atoms. The Balaban J connectivity index is 2.00. The number of rotatable bonds is 3. The van der Waals surface area contributed by atoms with Gasteiger partial charge < -0.3 is 10.6 Å². The molecule has 1 fully saturated rings. The van der Waals surface area contributed by atoms with Crippen LogP contribution in [0.15, 0.2) is 24.3 Å². The molecule has 3 rings (SSSR count). The van der Waals surface area contributed by atoms with Gasteiger partial charge in [-0.25, -0.2) is 0 Å². The van der Waals surface area contributed by atoms with Gasteiger partial charge >= 0.3 is 0 Å². The van der Waals surface area contributed by atoms with Crippen LogP contribution in [0.25, 0.3) is 0 Å². The fraction of sp³-hybridized carbons (Fsp3) is 0.625. The summed E-state index contributed by atoms with van der Waals surface area (Å²) in [7, 11) is 0. The maximum absolute atomic E-state index is 6.15. The highest BCUT2D eigenvalue weighted by molar-refractivity contribution is 5.57. The third kappa shape index (κ3) is 1.93. The zero-order valence-electron chi connectivity index (χ0n) is 11.4. The van der Waals surface area contributed by atoms with E-state index < -0.39 is 0 Å². The van der Waals surface area contributed by atoms with Crippen molar-refractivity contribution in [2.75, 3.05) is 18.0 Å². The third-order valence-corrected chi connectivity index (χ3v) is 4.85. The topological polar surface area (TPSA) is 29.3 Å². The minimum atomic E-state index is 0.167. The van der Waals surface area contributed by atoms with Crippen molar-refractivity contribution >= 4 is 5.69 Å². The highest BCUT2D eigenvalue weighted by Gasteiger charge is 2.45. The van der Waals surface area contributed by atoms with Crippen LogP contribution in [0.5, 0.6) is 0 Å². The molecular weight excluding hydrogens is 220 g/mol. The quantitative estimate of drug-likeness (QED) is 0.885. The van der Waals surface area contributed by atoms with Gasteiger partial charge in [-0.15, -0.1) is 0 Å². The Labute approximate surface area is 110 Å². The Morgan fingerprint density at radius 1 is 1.28 bits per heavy atom. The monoisotopic (exact) mass is 244 g/mol. The van der Waals surface area contributed by atoms with Crippen LogP contribution in [0.3, 0.4) is 0 Å². The predicted octanol–water partition coefficient (Wildman–Crippen LogP) is 2.96. The molecule has 2 heteroatoms. The lowest BCUT2D eigenvalue weighted by Crippen LogP contribution is -2.54. The number of para-hydroxylation sites is 1. The molecule has 98 valence electrons. The second-order valence-corrected chi connectivity index (χ2v) is 6.07. The average molecular weight is 244 g/mol. The van der Waals surface area contributed by atoms with Crippen LogP contribution in [0.4, 0.5) is 5.69 Å². The van der Waals surface area contributed by atoms with Gasteiger partial charge in [0.15, 0.2) is 0 Å². The molecule has 0 amide bonds. The highest BCUT2D eigenvalue weighted by atomic mass is 15.2. The lowest BCUT2D eigenvalue weighted by atomic mass is 9.92. The molecule has 2 N–H and O–H groups in total. The maximum Gasteiger partial charge on any atom is 0.0524 e. The Kier molecular flexibility index (Phi) is 3.06. The molecule has 2 aliphatic rings. The second kappa shape index (κ2) is 4.58. The molecule has 0 bridgehead atoms. The summed E-state index contributed by atoms with van der Waals surface area (Å²) >= 11 is 0. The summed E-state index contributed by atoms with van der Waals surface area (Å²) in [6.07, 6.45) is 6.52. The van der Waals surface area contributed by atoms with Crippen LogP contribution in [0.2, 0.25) is 0 Å². The van der Waals surface area contributed by atoms with Crippen molar-refractivity contribution in [2.45, 2.75) is 44.6 Å². The van der Waals surface area contributed by atoms with Gasteiger partial charge in [-0.05, 0) is 56.6 Å². The average Bonchev–Trinajstić information content (AvgIpc) is 3.24. The van der Waals surface area contributed by atoms with Crippen LogP contribution in [-0.2, 0) is 6.42 Å². The summed E-state index contributed by atoms with van der Waals surface area (Å²) in [5.74, 6) is 0.800. The first-order valence-electron chi connectivity index (χ1n) is 7.31. The van der Waals surface area contributed by atoms with E-state index in [4.69, 9.17) is 5.73 Å². The molecule has 1 aromatic rings. The molecular formula is C16H24N2. The van der Waals surface area contributed by atoms with E-state index in [0.29, 0.717) is 0 Å². The molecule has 0 aromatic heterocycles. The molecule has 1 aliphatic carbocycles. The summed E-state index contributed by atoms with van der Waals surface area (Å²) in [5.41, 5.74) is 9.26. The van der Waals surface area contributed by atoms with Crippen molar-refractivity contribution in [3.63, 3.8) is 0 Å². The molecule has 1 aromatic carbocycles. The van der Waals surface area contributed by atoms with Gasteiger partial charge in [-0.3, -0.25) is 0 Å². The van der Waals surface area contributed by atoms with Crippen LogP contribution in [0, 0.1) is 5.92 Å². The summed E-state index contributed by atoms with van der Waals surface area (Å²) < 4.78 is 0. The van der Waals surface area contributed by atoms with E-state index in [-0.39, 0.29) is 5.54 Å². The molecule has 18 heavy (non-hydrogen) atoms. The van der Waals surface area contributed by atoms with E-state index in [2.05, 4.69) is 36.1 Å². The maximum atomic E-state index is 6.15. The van der Waals surface area contributed by atoms with Gasteiger partial charge in [-0.2, -0.15) is 0 Å². The standard InChI is InChI=1S/C16H24N2/c1-16(12-17,14-9-10-14)18-11-5-4-7-13-6-2-3-8-15(13)18/h2-3,6,8,14H,4-5,7,9-12,17H2,1H3. The minimum absolute atomic E-state index is 0.167. The van der Waals surface area contributed by atoms with Gasteiger partial charge in [0.1, 0.15) is 0 Å². The van der Waals surface area contributed by atoms with Crippen LogP contribution in [0.1, 0.15) is 38.2 Å². The molecule has 1 aliphatic heterocycles. The van der Waals surface area contributed by atoms with Crippen LogP contribution in [-0.4, -0.2) is 18.6 Å². The van der Waals surface area contributed by atoms with Crippen molar-refractivity contribution in [1.29, 1.82) is 0 Å². The van der Waals surface area contributed by atoms with Gasteiger partial charge in [0, 0.05) is 18.8 Å². The van der Waals surface area contributed by atoms with E-state index in [0.717, 1.165) is 12.5 Å². The molecule has 1 unspecified atom stereocenters. The normalized spacial score (nSPS) is 23.1. The fourth-order valence-corrected chi connectivity index (χ4v) is 3.42. The van der Waals surface area contributed by atoms with Gasteiger partial charge in [0.25, 0.3) is 0 Å². The molecule has 1 heterocycles. The fourth-order valence-electron chi connectivity index (χ4n) is 3.42. The summed E-state index contributed by atoms with van der Waals surface area (Å²) in [6.45, 7) is 4.31. The van der Waals surface area contributed by atoms with Crippen molar-refractivity contribution < 1.29 is 0 Å². The second-order valence-electron chi connectivity index (χ2n) is 6.07. The Morgan fingerprint density at radius 2 is 2.06 bits per heavy atom. The predicted molar refractivity (Wildman–Crippen MR) is 76.9 cm³/mol. The van der Waals surface area contributed by atoms with E-state index >= 15 is 0 Å². The zero-order chi connectivity index (χ0) is 12.6. The molecule has 0 radical (unpaired) electrons. The van der Waals surface area contributed by atoms with E-state index in [1.54, 1.807) is 0 Å².